The van der Waals surface area contributed by atoms with Crippen LogP contribution in [0.1, 0.15) is 97.3 Å². The van der Waals surface area contributed by atoms with E-state index in [-0.39, 0.29) is 88.4 Å². The molecule has 28 heteroatoms. The fourth-order valence-electron chi connectivity index (χ4n) is 6.05. The standard InChI is InChI=1S/C41H71N15O13/c1-4-10-27(30(58)20-26(12-7-16-51-39(44)45)35(63)67-22-66-34(62)25(5-2)11-6-15-50-38(42)43)54-32(60)21-33(61)56-29(14-9-18-53-41(48)49)37(65)69-23-68-36(64)28(13-8-17-52-40(46)47)55-31(59)19-24(3)57/h4,25-29H,1,5-23H2,2-3H3,(H,54,60)(H,55,59)(H,56,61)(H4,42,43,50)(H4,44,45,51)(H4,46,47,52)(H4,48,49,53). The van der Waals surface area contributed by atoms with Crippen LogP contribution in [0.25, 0.3) is 0 Å². The molecule has 5 atom stereocenters. The van der Waals surface area contributed by atoms with Crippen LogP contribution < -0.4 is 61.8 Å². The van der Waals surface area contributed by atoms with Crippen molar-refractivity contribution in [3.8, 4) is 0 Å². The monoisotopic (exact) mass is 982 g/mol. The Hall–Kier alpha value is -7.55. The fraction of sp³-hybridized carbons (Fsp3) is 0.634. The minimum atomic E-state index is -1.43. The van der Waals surface area contributed by atoms with Gasteiger partial charge < -0.3 is 80.8 Å². The highest BCUT2D eigenvalue weighted by Gasteiger charge is 2.30. The summed E-state index contributed by atoms with van der Waals surface area (Å²) in [5, 5.41) is 7.18. The number of guanidine groups is 4. The molecule has 69 heavy (non-hydrogen) atoms. The minimum Gasteiger partial charge on any atom is -0.428 e. The molecule has 28 nitrogen and oxygen atoms in total. The van der Waals surface area contributed by atoms with Gasteiger partial charge in [-0.3, -0.25) is 53.5 Å². The first-order chi connectivity index (χ1) is 32.6. The van der Waals surface area contributed by atoms with Crippen molar-refractivity contribution in [3.63, 3.8) is 0 Å². The smallest absolute Gasteiger partial charge is 0.331 e. The molecule has 0 saturated carbocycles. The van der Waals surface area contributed by atoms with Crippen molar-refractivity contribution in [1.29, 1.82) is 0 Å². The number of amides is 3. The second-order valence-corrected chi connectivity index (χ2v) is 15.3. The lowest BCUT2D eigenvalue weighted by atomic mass is 9.93. The lowest BCUT2D eigenvalue weighted by Gasteiger charge is -2.21. The first-order valence-corrected chi connectivity index (χ1v) is 22.0. The molecule has 19 N–H and O–H groups in total. The predicted molar refractivity (Wildman–Crippen MR) is 251 cm³/mol. The number of esters is 4. The van der Waals surface area contributed by atoms with Crippen molar-refractivity contribution >= 4 is 77.0 Å². The molecule has 0 aliphatic carbocycles. The highest BCUT2D eigenvalue weighted by molar-refractivity contribution is 6.01. The van der Waals surface area contributed by atoms with Crippen LogP contribution in [0.15, 0.2) is 32.6 Å². The average molecular weight is 982 g/mol. The van der Waals surface area contributed by atoms with Crippen molar-refractivity contribution in [2.45, 2.75) is 115 Å². The highest BCUT2D eigenvalue weighted by Crippen LogP contribution is 2.18. The predicted octanol–water partition coefficient (Wildman–Crippen LogP) is -3.71. The van der Waals surface area contributed by atoms with E-state index in [2.05, 4.69) is 42.5 Å². The number of nitrogens with two attached hydrogens (primary N) is 8. The van der Waals surface area contributed by atoms with Gasteiger partial charge in [0.05, 0.1) is 24.3 Å². The molecule has 5 unspecified atom stereocenters. The molecule has 3 amide bonds. The van der Waals surface area contributed by atoms with Gasteiger partial charge in [0.1, 0.15) is 24.3 Å². The number of Topliss-reactive ketones (excluding diaryl/α,β-unsaturated/α-hetero) is 2. The van der Waals surface area contributed by atoms with E-state index in [0.29, 0.717) is 25.8 Å². The Kier molecular flexibility index (Phi) is 31.7. The number of nitrogens with one attached hydrogen (secondary N) is 3. The molecule has 0 aromatic carbocycles. The number of carbonyl (C=O) groups is 9. The van der Waals surface area contributed by atoms with E-state index in [1.54, 1.807) is 6.92 Å². The summed E-state index contributed by atoms with van der Waals surface area (Å²) in [6.45, 7) is 5.42. The first kappa shape index (κ1) is 61.5. The lowest BCUT2D eigenvalue weighted by molar-refractivity contribution is -0.174. The maximum atomic E-state index is 13.6. The Morgan fingerprint density at radius 1 is 0.507 bits per heavy atom. The highest BCUT2D eigenvalue weighted by atomic mass is 16.7. The summed E-state index contributed by atoms with van der Waals surface area (Å²) in [4.78, 5) is 131. The van der Waals surface area contributed by atoms with Gasteiger partial charge in [-0.15, -0.1) is 6.58 Å². The van der Waals surface area contributed by atoms with Crippen LogP contribution >= 0.6 is 0 Å². The molecule has 388 valence electrons. The zero-order valence-corrected chi connectivity index (χ0v) is 39.3. The summed E-state index contributed by atoms with van der Waals surface area (Å²) in [6, 6.07) is -3.97. The Labute approximate surface area is 400 Å². The Morgan fingerprint density at radius 3 is 1.23 bits per heavy atom. The van der Waals surface area contributed by atoms with E-state index in [1.807, 2.05) is 0 Å². The summed E-state index contributed by atoms with van der Waals surface area (Å²) in [5.74, 6) is -9.73. The number of hydrogen-bond acceptors (Lipinski definition) is 17. The summed E-state index contributed by atoms with van der Waals surface area (Å²) in [5.41, 5.74) is 42.9. The minimum absolute atomic E-state index is 0.0182. The first-order valence-electron chi connectivity index (χ1n) is 22.0. The molecule has 0 saturated heterocycles. The van der Waals surface area contributed by atoms with Crippen molar-refractivity contribution in [1.82, 2.24) is 16.0 Å². The molecule has 0 radical (unpaired) electrons. The Morgan fingerprint density at radius 2 is 0.855 bits per heavy atom. The Balaban J connectivity index is 5.82. The van der Waals surface area contributed by atoms with E-state index >= 15 is 0 Å². The van der Waals surface area contributed by atoms with Crippen molar-refractivity contribution in [2.75, 3.05) is 39.8 Å². The number of rotatable bonds is 37. The quantitative estimate of drug-likeness (QED) is 0.00542. The molecule has 0 aromatic rings. The van der Waals surface area contributed by atoms with E-state index in [4.69, 9.17) is 64.8 Å². The van der Waals surface area contributed by atoms with Crippen LogP contribution in [0, 0.1) is 11.8 Å². The summed E-state index contributed by atoms with van der Waals surface area (Å²) in [7, 11) is 0. The number of carbonyl (C=O) groups excluding carboxylic acids is 9. The van der Waals surface area contributed by atoms with Crippen molar-refractivity contribution in [2.24, 2.45) is 77.7 Å². The molecule has 0 bridgehead atoms. The molecule has 0 rings (SSSR count). The average Bonchev–Trinajstić information content (AvgIpc) is 3.25. The molecular weight excluding hydrogens is 911 g/mol. The van der Waals surface area contributed by atoms with Gasteiger partial charge in [0.15, 0.2) is 29.6 Å². The third-order valence-corrected chi connectivity index (χ3v) is 9.41. The van der Waals surface area contributed by atoms with Gasteiger partial charge >= 0.3 is 23.9 Å². The molecule has 0 heterocycles. The fourth-order valence-corrected chi connectivity index (χ4v) is 6.05. The Bertz CT molecular complexity index is 1840. The van der Waals surface area contributed by atoms with Gasteiger partial charge in [-0.2, -0.15) is 0 Å². The van der Waals surface area contributed by atoms with Crippen LogP contribution in [-0.4, -0.2) is 135 Å². The van der Waals surface area contributed by atoms with Crippen LogP contribution in [-0.2, 0) is 62.1 Å². The zero-order chi connectivity index (χ0) is 52.3. The molecule has 0 aliphatic heterocycles. The van der Waals surface area contributed by atoms with Gasteiger partial charge in [-0.1, -0.05) is 13.0 Å². The molecule has 0 spiro atoms. The van der Waals surface area contributed by atoms with Gasteiger partial charge in [-0.25, -0.2) is 9.59 Å². The number of aliphatic imine (C=N–C) groups is 4. The van der Waals surface area contributed by atoms with E-state index in [0.717, 1.165) is 0 Å². The maximum absolute atomic E-state index is 13.6. The number of ketones is 2. The van der Waals surface area contributed by atoms with Crippen LogP contribution in [0.3, 0.4) is 0 Å². The van der Waals surface area contributed by atoms with E-state index in [1.165, 1.54) is 13.0 Å². The molecule has 0 fully saturated rings. The third kappa shape index (κ3) is 31.1. The molecule has 0 aliphatic rings. The van der Waals surface area contributed by atoms with Crippen LogP contribution in [0.2, 0.25) is 0 Å². The summed E-state index contributed by atoms with van der Waals surface area (Å²) in [6.07, 6.45) is 1.18. The number of ether oxygens (including phenoxy) is 4. The van der Waals surface area contributed by atoms with Crippen molar-refractivity contribution in [3.05, 3.63) is 12.7 Å². The SMILES string of the molecule is C=CCC(NC(=O)CC(=O)NC(CCCN=C(N)N)C(=O)OCOC(=O)C(CCCN=C(N)N)NC(=O)CC(C)=O)C(=O)CC(CCCN=C(N)N)C(=O)OCOC(=O)C(CC)CCCN=C(N)N. The topological polar surface area (TPSA) is 484 Å². The summed E-state index contributed by atoms with van der Waals surface area (Å²) < 4.78 is 20.5. The second kappa shape index (κ2) is 35.6. The maximum Gasteiger partial charge on any atom is 0.331 e. The van der Waals surface area contributed by atoms with Gasteiger partial charge in [0.25, 0.3) is 0 Å². The van der Waals surface area contributed by atoms with Gasteiger partial charge in [0, 0.05) is 32.6 Å². The number of nitrogens with zero attached hydrogens (tertiary/aromatic N) is 4. The van der Waals surface area contributed by atoms with Gasteiger partial charge in [-0.05, 0) is 71.1 Å². The summed E-state index contributed by atoms with van der Waals surface area (Å²) >= 11 is 0. The lowest BCUT2D eigenvalue weighted by Crippen LogP contribution is -2.46. The number of hydrogen-bond donors (Lipinski definition) is 11. The van der Waals surface area contributed by atoms with Gasteiger partial charge in [0.2, 0.25) is 31.3 Å². The van der Waals surface area contributed by atoms with E-state index in [9.17, 15) is 43.2 Å². The van der Waals surface area contributed by atoms with E-state index < -0.39 is 116 Å². The van der Waals surface area contributed by atoms with Crippen LogP contribution in [0.5, 0.6) is 0 Å². The van der Waals surface area contributed by atoms with Crippen LogP contribution in [0.4, 0.5) is 0 Å². The second-order valence-electron chi connectivity index (χ2n) is 15.3. The molecular formula is C41H71N15O13. The largest absolute Gasteiger partial charge is 0.428 e. The zero-order valence-electron chi connectivity index (χ0n) is 39.3. The third-order valence-electron chi connectivity index (χ3n) is 9.41. The van der Waals surface area contributed by atoms with Crippen molar-refractivity contribution < 1.29 is 62.1 Å². The normalized spacial score (nSPS) is 12.6. The molecule has 0 aromatic heterocycles.